The van der Waals surface area contributed by atoms with Crippen molar-refractivity contribution in [3.8, 4) is 11.3 Å². The fraction of sp³-hybridized carbons (Fsp3) is 0.167. The van der Waals surface area contributed by atoms with Crippen molar-refractivity contribution in [2.45, 2.75) is 6.42 Å². The maximum atomic E-state index is 12.5. The number of carbonyl (C=O) groups excluding carboxylic acids is 1. The van der Waals surface area contributed by atoms with Gasteiger partial charge in [-0.3, -0.25) is 18.7 Å². The van der Waals surface area contributed by atoms with E-state index in [9.17, 15) is 14.4 Å². The third-order valence-electron chi connectivity index (χ3n) is 4.29. The first kappa shape index (κ1) is 18.3. The van der Waals surface area contributed by atoms with E-state index in [4.69, 9.17) is 0 Å². The van der Waals surface area contributed by atoms with Crippen LogP contribution in [-0.4, -0.2) is 24.4 Å². The molecule has 0 aliphatic rings. The zero-order chi connectivity index (χ0) is 19.8. The van der Waals surface area contributed by atoms with E-state index in [-0.39, 0.29) is 12.3 Å². The van der Waals surface area contributed by atoms with Crippen LogP contribution < -0.4 is 16.6 Å². The second kappa shape index (κ2) is 7.13. The van der Waals surface area contributed by atoms with Gasteiger partial charge in [-0.15, -0.1) is 11.3 Å². The maximum Gasteiger partial charge on any atom is 0.331 e. The Balaban J connectivity index is 1.58. The number of anilines is 1. The minimum Gasteiger partial charge on any atom is -0.302 e. The Hall–Kier alpha value is -3.11. The topological polar surface area (TPSA) is 98.9 Å². The lowest BCUT2D eigenvalue weighted by atomic mass is 10.2. The highest BCUT2D eigenvalue weighted by Crippen LogP contribution is 2.25. The van der Waals surface area contributed by atoms with Crippen molar-refractivity contribution in [2.24, 2.45) is 14.1 Å². The van der Waals surface area contributed by atoms with Crippen LogP contribution in [0, 0.1) is 0 Å². The Morgan fingerprint density at radius 2 is 1.89 bits per heavy atom. The van der Waals surface area contributed by atoms with Gasteiger partial charge in [-0.25, -0.2) is 9.78 Å². The first-order valence-electron chi connectivity index (χ1n) is 8.31. The van der Waals surface area contributed by atoms with Crippen molar-refractivity contribution in [1.29, 1.82) is 0 Å². The van der Waals surface area contributed by atoms with Crippen LogP contribution in [0.2, 0.25) is 0 Å². The van der Waals surface area contributed by atoms with Gasteiger partial charge in [-0.1, -0.05) is 30.3 Å². The molecule has 8 nitrogen and oxygen atoms in total. The molecule has 0 saturated carbocycles. The van der Waals surface area contributed by atoms with Crippen molar-refractivity contribution < 1.29 is 4.79 Å². The number of rotatable bonds is 4. The minimum atomic E-state index is -0.449. The fourth-order valence-corrected chi connectivity index (χ4v) is 4.42. The lowest BCUT2D eigenvalue weighted by Crippen LogP contribution is -2.36. The van der Waals surface area contributed by atoms with Gasteiger partial charge in [0.05, 0.1) is 23.2 Å². The number of aryl methyl sites for hydroxylation is 1. The van der Waals surface area contributed by atoms with Crippen LogP contribution in [0.5, 0.6) is 0 Å². The van der Waals surface area contributed by atoms with Crippen molar-refractivity contribution >= 4 is 44.1 Å². The zero-order valence-corrected chi connectivity index (χ0v) is 16.6. The van der Waals surface area contributed by atoms with E-state index < -0.39 is 11.2 Å². The zero-order valence-electron chi connectivity index (χ0n) is 15.0. The first-order valence-corrected chi connectivity index (χ1v) is 9.96. The molecule has 1 aromatic carbocycles. The van der Waals surface area contributed by atoms with Gasteiger partial charge in [0.25, 0.3) is 5.56 Å². The highest BCUT2D eigenvalue weighted by atomic mass is 32.1. The van der Waals surface area contributed by atoms with Gasteiger partial charge in [0, 0.05) is 25.0 Å². The molecule has 0 unspecified atom stereocenters. The monoisotopic (exact) mass is 413 g/mol. The molecule has 1 N–H and O–H groups in total. The minimum absolute atomic E-state index is 0.0757. The highest BCUT2D eigenvalue weighted by molar-refractivity contribution is 7.14. The van der Waals surface area contributed by atoms with E-state index in [1.807, 2.05) is 35.7 Å². The molecule has 0 aliphatic carbocycles. The van der Waals surface area contributed by atoms with Gasteiger partial charge in [0.15, 0.2) is 5.13 Å². The number of thiazole rings is 1. The van der Waals surface area contributed by atoms with Crippen LogP contribution in [-0.2, 0) is 25.3 Å². The van der Waals surface area contributed by atoms with E-state index in [1.54, 1.807) is 7.05 Å². The van der Waals surface area contributed by atoms with Gasteiger partial charge >= 0.3 is 5.69 Å². The Morgan fingerprint density at radius 3 is 2.64 bits per heavy atom. The number of aromatic nitrogens is 4. The molecule has 0 fully saturated rings. The molecule has 0 bridgehead atoms. The van der Waals surface area contributed by atoms with Gasteiger partial charge in [0.1, 0.15) is 4.83 Å². The summed E-state index contributed by atoms with van der Waals surface area (Å²) in [7, 11) is 2.99. The van der Waals surface area contributed by atoms with Crippen molar-refractivity contribution in [3.63, 3.8) is 0 Å². The Labute approximate surface area is 166 Å². The molecule has 4 aromatic rings. The van der Waals surface area contributed by atoms with Gasteiger partial charge in [0.2, 0.25) is 5.91 Å². The Bertz CT molecular complexity index is 1300. The summed E-state index contributed by atoms with van der Waals surface area (Å²) in [6.45, 7) is 0. The summed E-state index contributed by atoms with van der Waals surface area (Å²) >= 11 is 2.36. The second-order valence-electron chi connectivity index (χ2n) is 6.14. The van der Waals surface area contributed by atoms with E-state index in [0.29, 0.717) is 21.0 Å². The predicted octanol–water partition coefficient (Wildman–Crippen LogP) is 2.00. The van der Waals surface area contributed by atoms with Gasteiger partial charge in [-0.05, 0) is 11.5 Å². The van der Waals surface area contributed by atoms with Gasteiger partial charge in [-0.2, -0.15) is 4.37 Å². The van der Waals surface area contributed by atoms with Gasteiger partial charge < -0.3 is 5.32 Å². The largest absolute Gasteiger partial charge is 0.331 e. The summed E-state index contributed by atoms with van der Waals surface area (Å²) in [6.07, 6.45) is -0.0757. The number of hydrogen-bond donors (Lipinski definition) is 1. The van der Waals surface area contributed by atoms with Crippen molar-refractivity contribution in [3.05, 3.63) is 62.2 Å². The lowest BCUT2D eigenvalue weighted by Gasteiger charge is -2.04. The summed E-state index contributed by atoms with van der Waals surface area (Å²) in [5, 5.41) is 5.40. The molecule has 1 amide bonds. The quantitative estimate of drug-likeness (QED) is 0.552. The number of benzene rings is 1. The van der Waals surface area contributed by atoms with Crippen LogP contribution >= 0.6 is 22.9 Å². The van der Waals surface area contributed by atoms with Crippen LogP contribution in [0.3, 0.4) is 0 Å². The Morgan fingerprint density at radius 1 is 1.14 bits per heavy atom. The molecule has 0 radical (unpaired) electrons. The number of hydrogen-bond acceptors (Lipinski definition) is 7. The number of nitrogens with zero attached hydrogens (tertiary/aromatic N) is 4. The van der Waals surface area contributed by atoms with Crippen LogP contribution in [0.15, 0.2) is 45.3 Å². The highest BCUT2D eigenvalue weighted by Gasteiger charge is 2.19. The summed E-state index contributed by atoms with van der Waals surface area (Å²) in [6, 6.07) is 9.67. The molecule has 4 rings (SSSR count). The fourth-order valence-electron chi connectivity index (χ4n) is 2.83. The molecule has 0 atom stereocenters. The average molecular weight is 413 g/mol. The van der Waals surface area contributed by atoms with Crippen molar-refractivity contribution in [1.82, 2.24) is 18.5 Å². The third kappa shape index (κ3) is 3.16. The molecule has 142 valence electrons. The molecular weight excluding hydrogens is 398 g/mol. The van der Waals surface area contributed by atoms with Crippen LogP contribution in [0.25, 0.3) is 21.5 Å². The molecule has 3 aromatic heterocycles. The normalized spacial score (nSPS) is 11.1. The molecule has 28 heavy (non-hydrogen) atoms. The number of amides is 1. The molecule has 10 heteroatoms. The maximum absolute atomic E-state index is 12.5. The van der Waals surface area contributed by atoms with E-state index >= 15 is 0 Å². The van der Waals surface area contributed by atoms with E-state index in [2.05, 4.69) is 14.7 Å². The van der Waals surface area contributed by atoms with E-state index in [1.165, 1.54) is 23.0 Å². The molecule has 3 heterocycles. The smallest absolute Gasteiger partial charge is 0.302 e. The molecule has 0 aliphatic heterocycles. The average Bonchev–Trinajstić information content (AvgIpc) is 3.33. The second-order valence-corrected chi connectivity index (χ2v) is 7.75. The predicted molar refractivity (Wildman–Crippen MR) is 110 cm³/mol. The number of fused-ring (bicyclic) bond motifs is 1. The van der Waals surface area contributed by atoms with Crippen molar-refractivity contribution in [2.75, 3.05) is 5.32 Å². The van der Waals surface area contributed by atoms with Crippen LogP contribution in [0.4, 0.5) is 5.13 Å². The standard InChI is InChI=1S/C18H15N5O3S2/c1-22-15(25)14-11(21-28-16(14)23(2)18(22)26)8-13(24)20-17-19-12(9-27-17)10-6-4-3-5-7-10/h3-7,9H,8H2,1-2H3,(H,19,20,24). The van der Waals surface area contributed by atoms with Crippen LogP contribution in [0.1, 0.15) is 5.69 Å². The summed E-state index contributed by atoms with van der Waals surface area (Å²) < 4.78 is 6.61. The summed E-state index contributed by atoms with van der Waals surface area (Å²) in [5.41, 5.74) is 1.23. The Kier molecular flexibility index (Phi) is 4.65. The molecule has 0 saturated heterocycles. The molecule has 0 spiro atoms. The van der Waals surface area contributed by atoms with E-state index in [0.717, 1.165) is 27.4 Å². The molecular formula is C18H15N5O3S2. The first-order chi connectivity index (χ1) is 13.5. The third-order valence-corrected chi connectivity index (χ3v) is 6.01. The number of carbonyl (C=O) groups is 1. The SMILES string of the molecule is Cn1c(=O)c2c(CC(=O)Nc3nc(-c4ccccc4)cs3)nsc2n(C)c1=O. The lowest BCUT2D eigenvalue weighted by molar-refractivity contribution is -0.115. The summed E-state index contributed by atoms with van der Waals surface area (Å²) in [4.78, 5) is 41.8. The number of nitrogens with one attached hydrogen (secondary N) is 1. The summed E-state index contributed by atoms with van der Waals surface area (Å²) in [5.74, 6) is -0.322.